The molecule has 1 heterocycles. The number of hydrogen-bond donors (Lipinski definition) is 2. The number of benzene rings is 1. The number of thiophene rings is 1. The van der Waals surface area contributed by atoms with Crippen molar-refractivity contribution in [1.82, 2.24) is 0 Å². The van der Waals surface area contributed by atoms with Crippen LogP contribution in [0.25, 0.3) is 0 Å². The van der Waals surface area contributed by atoms with Gasteiger partial charge in [-0.1, -0.05) is 0 Å². The van der Waals surface area contributed by atoms with Crippen molar-refractivity contribution in [1.29, 1.82) is 5.26 Å². The lowest BCUT2D eigenvalue weighted by atomic mass is 10.3. The summed E-state index contributed by atoms with van der Waals surface area (Å²) in [5.41, 5.74) is 0.949. The summed E-state index contributed by atoms with van der Waals surface area (Å²) in [6.45, 7) is 0.692. The molecule has 0 atom stereocenters. The number of nitrogens with zero attached hydrogens (tertiary/aromatic N) is 1. The van der Waals surface area contributed by atoms with E-state index in [0.29, 0.717) is 6.54 Å². The average Bonchev–Trinajstić information content (AvgIpc) is 2.76. The molecule has 3 nitrogen and oxygen atoms in total. The predicted octanol–water partition coefficient (Wildman–Crippen LogP) is 2.94. The summed E-state index contributed by atoms with van der Waals surface area (Å²) in [4.78, 5) is 1.84. The molecule has 2 N–H and O–H groups in total. The molecule has 16 heavy (non-hydrogen) atoms. The molecule has 0 aliphatic carbocycles. The van der Waals surface area contributed by atoms with Crippen molar-refractivity contribution >= 4 is 17.0 Å². The van der Waals surface area contributed by atoms with E-state index in [9.17, 15) is 0 Å². The van der Waals surface area contributed by atoms with Crippen LogP contribution >= 0.6 is 11.3 Å². The second-order valence-corrected chi connectivity index (χ2v) is 4.45. The van der Waals surface area contributed by atoms with Crippen LogP contribution in [0.4, 0.5) is 5.69 Å². The minimum absolute atomic E-state index is 0.258. The minimum Gasteiger partial charge on any atom is -0.508 e. The molecule has 0 saturated carbocycles. The third-order valence-corrected chi connectivity index (χ3v) is 3.10. The van der Waals surface area contributed by atoms with Crippen LogP contribution in [-0.2, 0) is 6.54 Å². The standard InChI is InChI=1S/C12H10N2OS/c13-7-11-5-6-12(16-11)8-14-9-1-3-10(15)4-2-9/h1-6,14-15H,8H2. The van der Waals surface area contributed by atoms with Gasteiger partial charge in [-0.2, -0.15) is 5.26 Å². The van der Waals surface area contributed by atoms with Gasteiger partial charge in [0.1, 0.15) is 16.7 Å². The molecule has 0 spiro atoms. The van der Waals surface area contributed by atoms with Crippen LogP contribution in [0, 0.1) is 11.3 Å². The Labute approximate surface area is 97.6 Å². The van der Waals surface area contributed by atoms with Crippen molar-refractivity contribution in [2.24, 2.45) is 0 Å². The molecule has 0 bridgehead atoms. The lowest BCUT2D eigenvalue weighted by molar-refractivity contribution is 0.475. The number of phenols is 1. The zero-order valence-corrected chi connectivity index (χ0v) is 9.29. The monoisotopic (exact) mass is 230 g/mol. The molecular formula is C12H10N2OS. The average molecular weight is 230 g/mol. The second-order valence-electron chi connectivity index (χ2n) is 3.28. The Bertz CT molecular complexity index is 511. The van der Waals surface area contributed by atoms with Crippen LogP contribution in [0.2, 0.25) is 0 Å². The van der Waals surface area contributed by atoms with E-state index >= 15 is 0 Å². The number of nitrogens with one attached hydrogen (secondary N) is 1. The van der Waals surface area contributed by atoms with Crippen molar-refractivity contribution in [3.63, 3.8) is 0 Å². The van der Waals surface area contributed by atoms with Gasteiger partial charge in [0.15, 0.2) is 0 Å². The molecule has 1 aromatic heterocycles. The molecule has 0 aliphatic heterocycles. The molecule has 0 aliphatic rings. The van der Waals surface area contributed by atoms with Crippen molar-refractivity contribution in [2.45, 2.75) is 6.54 Å². The van der Waals surface area contributed by atoms with Gasteiger partial charge < -0.3 is 10.4 Å². The Morgan fingerprint density at radius 3 is 2.56 bits per heavy atom. The van der Waals surface area contributed by atoms with E-state index in [1.807, 2.05) is 24.3 Å². The van der Waals surface area contributed by atoms with Gasteiger partial charge in [-0.05, 0) is 36.4 Å². The van der Waals surface area contributed by atoms with E-state index in [-0.39, 0.29) is 5.75 Å². The van der Waals surface area contributed by atoms with Crippen molar-refractivity contribution < 1.29 is 5.11 Å². The van der Waals surface area contributed by atoms with Gasteiger partial charge in [0, 0.05) is 17.1 Å². The van der Waals surface area contributed by atoms with Crippen LogP contribution in [0.15, 0.2) is 36.4 Å². The molecule has 0 fully saturated rings. The molecule has 0 amide bonds. The highest BCUT2D eigenvalue weighted by Crippen LogP contribution is 2.18. The largest absolute Gasteiger partial charge is 0.508 e. The lowest BCUT2D eigenvalue weighted by Gasteiger charge is -2.04. The molecular weight excluding hydrogens is 220 g/mol. The fourth-order valence-corrected chi connectivity index (χ4v) is 2.05. The molecule has 2 aromatic rings. The van der Waals surface area contributed by atoms with Crippen molar-refractivity contribution in [3.8, 4) is 11.8 Å². The van der Waals surface area contributed by atoms with E-state index in [1.165, 1.54) is 11.3 Å². The maximum Gasteiger partial charge on any atom is 0.115 e. The maximum atomic E-state index is 9.12. The van der Waals surface area contributed by atoms with Gasteiger partial charge in [-0.25, -0.2) is 0 Å². The summed E-state index contributed by atoms with van der Waals surface area (Å²) >= 11 is 1.48. The topological polar surface area (TPSA) is 56.0 Å². The van der Waals surface area contributed by atoms with Crippen LogP contribution < -0.4 is 5.32 Å². The third-order valence-electron chi connectivity index (χ3n) is 2.11. The SMILES string of the molecule is N#Cc1ccc(CNc2ccc(O)cc2)s1. The predicted molar refractivity (Wildman–Crippen MR) is 64.5 cm³/mol. The summed E-state index contributed by atoms with van der Waals surface area (Å²) in [5.74, 6) is 0.258. The van der Waals surface area contributed by atoms with E-state index < -0.39 is 0 Å². The Hall–Kier alpha value is -1.99. The summed E-state index contributed by atoms with van der Waals surface area (Å²) in [6, 6.07) is 12.8. The molecule has 4 heteroatoms. The Morgan fingerprint density at radius 2 is 1.94 bits per heavy atom. The smallest absolute Gasteiger partial charge is 0.115 e. The van der Waals surface area contributed by atoms with Crippen LogP contribution in [-0.4, -0.2) is 5.11 Å². The number of nitriles is 1. The van der Waals surface area contributed by atoms with Crippen molar-refractivity contribution in [2.75, 3.05) is 5.32 Å². The first kappa shape index (κ1) is 10.5. The summed E-state index contributed by atoms with van der Waals surface area (Å²) in [7, 11) is 0. The Balaban J connectivity index is 1.97. The van der Waals surface area contributed by atoms with Crippen LogP contribution in [0.3, 0.4) is 0 Å². The van der Waals surface area contributed by atoms with E-state index in [0.717, 1.165) is 15.4 Å². The fourth-order valence-electron chi connectivity index (χ4n) is 1.30. The number of rotatable bonds is 3. The molecule has 0 unspecified atom stereocenters. The normalized spacial score (nSPS) is 9.69. The Morgan fingerprint density at radius 1 is 1.19 bits per heavy atom. The molecule has 2 rings (SSSR count). The van der Waals surface area contributed by atoms with Crippen LogP contribution in [0.5, 0.6) is 5.75 Å². The van der Waals surface area contributed by atoms with Gasteiger partial charge in [0.25, 0.3) is 0 Å². The highest BCUT2D eigenvalue weighted by Gasteiger charge is 1.99. The maximum absolute atomic E-state index is 9.12. The first-order valence-corrected chi connectivity index (χ1v) is 5.61. The van der Waals surface area contributed by atoms with Gasteiger partial charge in [0.2, 0.25) is 0 Å². The van der Waals surface area contributed by atoms with E-state index in [2.05, 4.69) is 11.4 Å². The number of phenolic OH excluding ortho intramolecular Hbond substituents is 1. The zero-order chi connectivity index (χ0) is 11.4. The first-order chi connectivity index (χ1) is 7.78. The third kappa shape index (κ3) is 2.53. The summed E-state index contributed by atoms with van der Waals surface area (Å²) in [6.07, 6.45) is 0. The fraction of sp³-hybridized carbons (Fsp3) is 0.0833. The molecule has 1 aromatic carbocycles. The number of anilines is 1. The van der Waals surface area contributed by atoms with Gasteiger partial charge in [0.05, 0.1) is 0 Å². The first-order valence-electron chi connectivity index (χ1n) is 4.79. The van der Waals surface area contributed by atoms with E-state index in [4.69, 9.17) is 10.4 Å². The van der Waals surface area contributed by atoms with Gasteiger partial charge in [-0.3, -0.25) is 0 Å². The Kier molecular flexibility index (Phi) is 3.08. The van der Waals surface area contributed by atoms with Gasteiger partial charge in [-0.15, -0.1) is 11.3 Å². The lowest BCUT2D eigenvalue weighted by Crippen LogP contribution is -1.96. The van der Waals surface area contributed by atoms with Crippen LogP contribution in [0.1, 0.15) is 9.75 Å². The second kappa shape index (κ2) is 4.69. The quantitative estimate of drug-likeness (QED) is 0.797. The van der Waals surface area contributed by atoms with Crippen molar-refractivity contribution in [3.05, 3.63) is 46.2 Å². The molecule has 0 saturated heterocycles. The minimum atomic E-state index is 0.258. The van der Waals surface area contributed by atoms with Gasteiger partial charge >= 0.3 is 0 Å². The number of hydrogen-bond acceptors (Lipinski definition) is 4. The molecule has 0 radical (unpaired) electrons. The van der Waals surface area contributed by atoms with E-state index in [1.54, 1.807) is 12.1 Å². The summed E-state index contributed by atoms with van der Waals surface area (Å²) in [5, 5.41) is 21.0. The molecule has 80 valence electrons. The highest BCUT2D eigenvalue weighted by molar-refractivity contribution is 7.12. The number of aromatic hydroxyl groups is 1. The zero-order valence-electron chi connectivity index (χ0n) is 8.47. The summed E-state index contributed by atoms with van der Waals surface area (Å²) < 4.78 is 0. The highest BCUT2D eigenvalue weighted by atomic mass is 32.1.